The molecule has 0 aliphatic heterocycles. The van der Waals surface area contributed by atoms with E-state index in [1.165, 1.54) is 6.42 Å². The van der Waals surface area contributed by atoms with Crippen LogP contribution >= 0.6 is 0 Å². The molecule has 0 radical (unpaired) electrons. The summed E-state index contributed by atoms with van der Waals surface area (Å²) in [7, 11) is 0. The predicted octanol–water partition coefficient (Wildman–Crippen LogP) is 0.394. The second kappa shape index (κ2) is 2.86. The van der Waals surface area contributed by atoms with E-state index < -0.39 is 0 Å². The summed E-state index contributed by atoms with van der Waals surface area (Å²) in [6.07, 6.45) is 3.17. The second-order valence-corrected chi connectivity index (χ2v) is 3.45. The summed E-state index contributed by atoms with van der Waals surface area (Å²) in [4.78, 5) is 0. The number of hydrogen-bond donors (Lipinski definition) is 1. The van der Waals surface area contributed by atoms with Gasteiger partial charge in [-0.2, -0.15) is 0 Å². The fourth-order valence-electron chi connectivity index (χ4n) is 1.43. The van der Waals surface area contributed by atoms with Crippen molar-refractivity contribution in [3.05, 3.63) is 11.9 Å². The third-order valence-corrected chi connectivity index (χ3v) is 2.37. The molecule has 12 heavy (non-hydrogen) atoms. The van der Waals surface area contributed by atoms with E-state index in [0.717, 1.165) is 11.6 Å². The van der Waals surface area contributed by atoms with Gasteiger partial charge in [0.15, 0.2) is 0 Å². The summed E-state index contributed by atoms with van der Waals surface area (Å²) in [6.45, 7) is 2.90. The van der Waals surface area contributed by atoms with Gasteiger partial charge in [-0.3, -0.25) is 0 Å². The average molecular weight is 167 g/mol. The molecule has 66 valence electrons. The van der Waals surface area contributed by atoms with Crippen LogP contribution in [0.4, 0.5) is 0 Å². The molecule has 1 fully saturated rings. The van der Waals surface area contributed by atoms with Crippen molar-refractivity contribution in [3.8, 4) is 0 Å². The Bertz CT molecular complexity index is 271. The van der Waals surface area contributed by atoms with Crippen LogP contribution in [0.3, 0.4) is 0 Å². The van der Waals surface area contributed by atoms with E-state index in [1.807, 2.05) is 6.20 Å². The van der Waals surface area contributed by atoms with Crippen LogP contribution in [0, 0.1) is 5.92 Å². The number of aromatic nitrogens is 3. The first-order valence-electron chi connectivity index (χ1n) is 4.32. The topological polar surface area (TPSA) is 50.9 Å². The molecule has 1 aliphatic carbocycles. The minimum absolute atomic E-state index is 0.128. The fraction of sp³-hybridized carbons (Fsp3) is 0.750. The highest BCUT2D eigenvalue weighted by molar-refractivity contribution is 5.12. The summed E-state index contributed by atoms with van der Waals surface area (Å²) in [5.41, 5.74) is 1.08. The Kier molecular flexibility index (Phi) is 1.84. The summed E-state index contributed by atoms with van der Waals surface area (Å²) in [6, 6.07) is 0. The van der Waals surface area contributed by atoms with Crippen molar-refractivity contribution in [3.63, 3.8) is 0 Å². The van der Waals surface area contributed by atoms with Crippen molar-refractivity contribution in [1.82, 2.24) is 15.0 Å². The first-order chi connectivity index (χ1) is 5.81. The third kappa shape index (κ3) is 1.34. The van der Waals surface area contributed by atoms with E-state index in [0.29, 0.717) is 12.5 Å². The van der Waals surface area contributed by atoms with Crippen LogP contribution in [0.15, 0.2) is 6.20 Å². The Morgan fingerprint density at radius 2 is 2.50 bits per heavy atom. The van der Waals surface area contributed by atoms with Crippen LogP contribution < -0.4 is 0 Å². The van der Waals surface area contributed by atoms with Gasteiger partial charge in [-0.15, -0.1) is 5.10 Å². The maximum absolute atomic E-state index is 8.65. The summed E-state index contributed by atoms with van der Waals surface area (Å²) >= 11 is 0. The highest BCUT2D eigenvalue weighted by Gasteiger charge is 2.36. The SMILES string of the molecule is C[C@@H]1C[C@H]1c1cn(CCO)nn1. The molecule has 0 amide bonds. The summed E-state index contributed by atoms with van der Waals surface area (Å²) in [5.74, 6) is 1.39. The predicted molar refractivity (Wildman–Crippen MR) is 43.6 cm³/mol. The van der Waals surface area contributed by atoms with Gasteiger partial charge in [0, 0.05) is 12.1 Å². The van der Waals surface area contributed by atoms with Crippen LogP contribution in [-0.2, 0) is 6.54 Å². The van der Waals surface area contributed by atoms with Gasteiger partial charge < -0.3 is 5.11 Å². The first-order valence-corrected chi connectivity index (χ1v) is 4.32. The van der Waals surface area contributed by atoms with E-state index in [9.17, 15) is 0 Å². The Hall–Kier alpha value is -0.900. The van der Waals surface area contributed by atoms with Crippen LogP contribution in [0.1, 0.15) is 25.0 Å². The van der Waals surface area contributed by atoms with Gasteiger partial charge in [-0.1, -0.05) is 12.1 Å². The molecule has 1 aromatic rings. The third-order valence-electron chi connectivity index (χ3n) is 2.37. The number of aliphatic hydroxyl groups is 1. The van der Waals surface area contributed by atoms with Crippen molar-refractivity contribution in [2.75, 3.05) is 6.61 Å². The lowest BCUT2D eigenvalue weighted by Crippen LogP contribution is -2.02. The lowest BCUT2D eigenvalue weighted by molar-refractivity contribution is 0.268. The lowest BCUT2D eigenvalue weighted by atomic mass is 10.3. The van der Waals surface area contributed by atoms with Crippen LogP contribution in [0.2, 0.25) is 0 Å². The maximum atomic E-state index is 8.65. The molecule has 1 aromatic heterocycles. The first kappa shape index (κ1) is 7.73. The van der Waals surface area contributed by atoms with Gasteiger partial charge in [-0.05, 0) is 12.3 Å². The zero-order chi connectivity index (χ0) is 8.55. The molecular weight excluding hydrogens is 154 g/mol. The Balaban J connectivity index is 2.04. The Morgan fingerprint density at radius 3 is 3.08 bits per heavy atom. The van der Waals surface area contributed by atoms with Crippen LogP contribution in [-0.4, -0.2) is 26.7 Å². The van der Waals surface area contributed by atoms with Crippen molar-refractivity contribution in [2.24, 2.45) is 5.92 Å². The van der Waals surface area contributed by atoms with E-state index in [4.69, 9.17) is 5.11 Å². The van der Waals surface area contributed by atoms with E-state index in [2.05, 4.69) is 17.2 Å². The minimum atomic E-state index is 0.128. The quantitative estimate of drug-likeness (QED) is 0.708. The standard InChI is InChI=1S/C8H13N3O/c1-6-4-7(6)8-5-11(2-3-12)10-9-8/h5-7,12H,2-4H2,1H3/t6-,7-/m1/s1. The van der Waals surface area contributed by atoms with E-state index >= 15 is 0 Å². The highest BCUT2D eigenvalue weighted by Crippen LogP contribution is 2.45. The molecular formula is C8H13N3O. The number of nitrogens with zero attached hydrogens (tertiary/aromatic N) is 3. The average Bonchev–Trinajstić information content (AvgIpc) is 2.62. The Labute approximate surface area is 71.2 Å². The second-order valence-electron chi connectivity index (χ2n) is 3.45. The maximum Gasteiger partial charge on any atom is 0.0860 e. The molecule has 0 unspecified atom stereocenters. The smallest absolute Gasteiger partial charge is 0.0860 e. The van der Waals surface area contributed by atoms with Crippen LogP contribution in [0.25, 0.3) is 0 Å². The van der Waals surface area contributed by atoms with Crippen molar-refractivity contribution in [1.29, 1.82) is 0 Å². The molecule has 4 nitrogen and oxygen atoms in total. The van der Waals surface area contributed by atoms with E-state index in [-0.39, 0.29) is 6.61 Å². The van der Waals surface area contributed by atoms with Gasteiger partial charge in [0.2, 0.25) is 0 Å². The summed E-state index contributed by atoms with van der Waals surface area (Å²) in [5, 5.41) is 16.6. The highest BCUT2D eigenvalue weighted by atomic mass is 16.3. The lowest BCUT2D eigenvalue weighted by Gasteiger charge is -1.91. The largest absolute Gasteiger partial charge is 0.394 e. The fourth-order valence-corrected chi connectivity index (χ4v) is 1.43. The molecule has 0 spiro atoms. The molecule has 0 bridgehead atoms. The molecule has 1 saturated carbocycles. The Morgan fingerprint density at radius 1 is 1.75 bits per heavy atom. The number of hydrogen-bond acceptors (Lipinski definition) is 3. The van der Waals surface area contributed by atoms with Gasteiger partial charge in [0.1, 0.15) is 0 Å². The normalized spacial score (nSPS) is 27.5. The minimum Gasteiger partial charge on any atom is -0.394 e. The van der Waals surface area contributed by atoms with Crippen molar-refractivity contribution >= 4 is 0 Å². The molecule has 1 heterocycles. The number of rotatable bonds is 3. The zero-order valence-electron chi connectivity index (χ0n) is 7.14. The van der Waals surface area contributed by atoms with Gasteiger partial charge in [0.05, 0.1) is 18.8 Å². The number of aliphatic hydroxyl groups excluding tert-OH is 1. The van der Waals surface area contributed by atoms with Crippen molar-refractivity contribution in [2.45, 2.75) is 25.8 Å². The van der Waals surface area contributed by atoms with Gasteiger partial charge >= 0.3 is 0 Å². The molecule has 0 saturated heterocycles. The molecule has 1 N–H and O–H groups in total. The molecule has 1 aliphatic rings. The molecule has 2 atom stereocenters. The molecule has 4 heteroatoms. The van der Waals surface area contributed by atoms with E-state index in [1.54, 1.807) is 4.68 Å². The summed E-state index contributed by atoms with van der Waals surface area (Å²) < 4.78 is 1.69. The molecule has 0 aromatic carbocycles. The van der Waals surface area contributed by atoms with Gasteiger partial charge in [-0.25, -0.2) is 4.68 Å². The van der Waals surface area contributed by atoms with Crippen molar-refractivity contribution < 1.29 is 5.11 Å². The molecule has 2 rings (SSSR count). The van der Waals surface area contributed by atoms with Crippen LogP contribution in [0.5, 0.6) is 0 Å². The van der Waals surface area contributed by atoms with Gasteiger partial charge in [0.25, 0.3) is 0 Å². The zero-order valence-corrected chi connectivity index (χ0v) is 7.14. The monoisotopic (exact) mass is 167 g/mol.